The van der Waals surface area contributed by atoms with Crippen molar-refractivity contribution in [2.75, 3.05) is 0 Å². The number of alkyl halides is 1. The highest BCUT2D eigenvalue weighted by atomic mass is 35.5. The van der Waals surface area contributed by atoms with Gasteiger partial charge in [0.25, 0.3) is 0 Å². The first kappa shape index (κ1) is 9.93. The molecule has 1 saturated carbocycles. The summed E-state index contributed by atoms with van der Waals surface area (Å²) in [5.74, 6) is 2.69. The summed E-state index contributed by atoms with van der Waals surface area (Å²) in [6, 6.07) is 0. The molecule has 68 valence electrons. The van der Waals surface area contributed by atoms with Crippen molar-refractivity contribution in [2.24, 2.45) is 5.41 Å². The van der Waals surface area contributed by atoms with Crippen molar-refractivity contribution in [3.8, 4) is 12.3 Å². The third-order valence-electron chi connectivity index (χ3n) is 2.88. The number of rotatable bonds is 3. The Morgan fingerprint density at radius 3 is 2.92 bits per heavy atom. The van der Waals surface area contributed by atoms with Gasteiger partial charge in [0.1, 0.15) is 0 Å². The van der Waals surface area contributed by atoms with Crippen molar-refractivity contribution in [1.82, 2.24) is 0 Å². The Bertz CT molecular complexity index is 180. The lowest BCUT2D eigenvalue weighted by Gasteiger charge is -2.22. The van der Waals surface area contributed by atoms with Crippen molar-refractivity contribution in [2.45, 2.75) is 50.8 Å². The predicted octanol–water partition coefficient (Wildman–Crippen LogP) is 3.59. The van der Waals surface area contributed by atoms with Crippen molar-refractivity contribution >= 4 is 11.6 Å². The molecule has 1 fully saturated rings. The van der Waals surface area contributed by atoms with Gasteiger partial charge >= 0.3 is 0 Å². The Hall–Kier alpha value is -0.150. The van der Waals surface area contributed by atoms with Crippen LogP contribution in [0.3, 0.4) is 0 Å². The van der Waals surface area contributed by atoms with E-state index in [4.69, 9.17) is 18.0 Å². The Labute approximate surface area is 80.7 Å². The van der Waals surface area contributed by atoms with E-state index in [9.17, 15) is 0 Å². The van der Waals surface area contributed by atoms with Crippen molar-refractivity contribution in [3.05, 3.63) is 0 Å². The van der Waals surface area contributed by atoms with Crippen LogP contribution in [-0.2, 0) is 0 Å². The number of terminal acetylenes is 1. The van der Waals surface area contributed by atoms with Gasteiger partial charge < -0.3 is 0 Å². The minimum atomic E-state index is 0.417. The predicted molar refractivity (Wildman–Crippen MR) is 54.3 cm³/mol. The van der Waals surface area contributed by atoms with Gasteiger partial charge in [-0.15, -0.1) is 23.9 Å². The SMILES string of the molecule is C#CCCCC1(C)CCC(Cl)C1. The molecule has 1 aliphatic rings. The molecular weight excluding hydrogens is 168 g/mol. The molecule has 1 heteroatoms. The van der Waals surface area contributed by atoms with Crippen LogP contribution in [0.1, 0.15) is 45.4 Å². The molecular formula is C11H17Cl. The largest absolute Gasteiger partial charge is 0.123 e. The van der Waals surface area contributed by atoms with Gasteiger partial charge in [0.2, 0.25) is 0 Å². The third kappa shape index (κ3) is 2.72. The molecule has 0 nitrogen and oxygen atoms in total. The molecule has 0 bridgehead atoms. The lowest BCUT2D eigenvalue weighted by molar-refractivity contribution is 0.302. The second kappa shape index (κ2) is 4.19. The maximum atomic E-state index is 6.07. The van der Waals surface area contributed by atoms with E-state index < -0.39 is 0 Å². The van der Waals surface area contributed by atoms with E-state index in [-0.39, 0.29) is 0 Å². The first-order valence-corrected chi connectivity index (χ1v) is 5.17. The highest BCUT2D eigenvalue weighted by Crippen LogP contribution is 2.43. The smallest absolute Gasteiger partial charge is 0.0341 e. The molecule has 1 rings (SSSR count). The first-order chi connectivity index (χ1) is 5.66. The van der Waals surface area contributed by atoms with Crippen LogP contribution in [0.4, 0.5) is 0 Å². The molecule has 0 aromatic carbocycles. The number of hydrogen-bond donors (Lipinski definition) is 0. The summed E-state index contributed by atoms with van der Waals surface area (Å²) in [7, 11) is 0. The normalized spacial score (nSPS) is 34.9. The van der Waals surface area contributed by atoms with Crippen LogP contribution in [0.15, 0.2) is 0 Å². The molecule has 0 aromatic heterocycles. The Morgan fingerprint density at radius 2 is 2.42 bits per heavy atom. The molecule has 0 amide bonds. The van der Waals surface area contributed by atoms with E-state index in [1.807, 2.05) is 0 Å². The third-order valence-corrected chi connectivity index (χ3v) is 3.25. The Kier molecular flexibility index (Phi) is 3.47. The van der Waals surface area contributed by atoms with Crippen LogP contribution in [-0.4, -0.2) is 5.38 Å². The zero-order valence-corrected chi connectivity index (χ0v) is 8.53. The molecule has 12 heavy (non-hydrogen) atoms. The highest BCUT2D eigenvalue weighted by Gasteiger charge is 2.33. The number of unbranched alkanes of at least 4 members (excludes halogenated alkanes) is 1. The van der Waals surface area contributed by atoms with Gasteiger partial charge in [0.05, 0.1) is 0 Å². The summed E-state index contributed by atoms with van der Waals surface area (Å²) >= 11 is 6.07. The molecule has 0 spiro atoms. The quantitative estimate of drug-likeness (QED) is 0.357. The molecule has 0 aromatic rings. The van der Waals surface area contributed by atoms with Crippen molar-refractivity contribution in [1.29, 1.82) is 0 Å². The molecule has 1 aliphatic carbocycles. The van der Waals surface area contributed by atoms with E-state index in [1.54, 1.807) is 0 Å². The maximum Gasteiger partial charge on any atom is 0.0341 e. The van der Waals surface area contributed by atoms with Crippen LogP contribution < -0.4 is 0 Å². The summed E-state index contributed by atoms with van der Waals surface area (Å²) in [5, 5.41) is 0.417. The second-order valence-corrected chi connectivity index (χ2v) is 4.83. The van der Waals surface area contributed by atoms with E-state index in [1.165, 1.54) is 25.7 Å². The average Bonchev–Trinajstić information content (AvgIpc) is 2.32. The van der Waals surface area contributed by atoms with E-state index in [0.29, 0.717) is 10.8 Å². The van der Waals surface area contributed by atoms with Crippen LogP contribution in [0.2, 0.25) is 0 Å². The summed E-state index contributed by atoms with van der Waals surface area (Å²) < 4.78 is 0. The zero-order chi connectivity index (χ0) is 9.03. The fraction of sp³-hybridized carbons (Fsp3) is 0.818. The summed E-state index contributed by atoms with van der Waals surface area (Å²) in [4.78, 5) is 0. The molecule has 0 heterocycles. The van der Waals surface area contributed by atoms with Gasteiger partial charge in [-0.25, -0.2) is 0 Å². The van der Waals surface area contributed by atoms with Crippen LogP contribution in [0.25, 0.3) is 0 Å². The van der Waals surface area contributed by atoms with Gasteiger partial charge in [0, 0.05) is 11.8 Å². The van der Waals surface area contributed by atoms with Gasteiger partial charge in [-0.05, 0) is 37.5 Å². The number of hydrogen-bond acceptors (Lipinski definition) is 0. The van der Waals surface area contributed by atoms with Crippen LogP contribution >= 0.6 is 11.6 Å². The average molecular weight is 185 g/mol. The summed E-state index contributed by atoms with van der Waals surface area (Å²) in [6.45, 7) is 2.34. The Balaban J connectivity index is 2.26. The topological polar surface area (TPSA) is 0 Å². The van der Waals surface area contributed by atoms with Gasteiger partial charge in [-0.2, -0.15) is 0 Å². The molecule has 0 aliphatic heterocycles. The van der Waals surface area contributed by atoms with Crippen LogP contribution in [0, 0.1) is 17.8 Å². The zero-order valence-electron chi connectivity index (χ0n) is 7.78. The molecule has 0 saturated heterocycles. The van der Waals surface area contributed by atoms with Crippen LogP contribution in [0.5, 0.6) is 0 Å². The molecule has 2 atom stereocenters. The van der Waals surface area contributed by atoms with Crippen molar-refractivity contribution < 1.29 is 0 Å². The minimum absolute atomic E-state index is 0.417. The van der Waals surface area contributed by atoms with E-state index >= 15 is 0 Å². The fourth-order valence-electron chi connectivity index (χ4n) is 2.09. The minimum Gasteiger partial charge on any atom is -0.123 e. The fourth-order valence-corrected chi connectivity index (χ4v) is 2.57. The Morgan fingerprint density at radius 1 is 1.67 bits per heavy atom. The summed E-state index contributed by atoms with van der Waals surface area (Å²) in [5.41, 5.74) is 0.489. The molecule has 2 unspecified atom stereocenters. The van der Waals surface area contributed by atoms with Crippen molar-refractivity contribution in [3.63, 3.8) is 0 Å². The van der Waals surface area contributed by atoms with E-state index in [2.05, 4.69) is 12.8 Å². The summed E-state index contributed by atoms with van der Waals surface area (Å²) in [6.07, 6.45) is 12.2. The maximum absolute atomic E-state index is 6.07. The molecule has 0 radical (unpaired) electrons. The lowest BCUT2D eigenvalue weighted by Crippen LogP contribution is -2.11. The lowest BCUT2D eigenvalue weighted by atomic mass is 9.83. The second-order valence-electron chi connectivity index (χ2n) is 4.21. The highest BCUT2D eigenvalue weighted by molar-refractivity contribution is 6.20. The molecule has 0 N–H and O–H groups in total. The van der Waals surface area contributed by atoms with Gasteiger partial charge in [0.15, 0.2) is 0 Å². The van der Waals surface area contributed by atoms with Gasteiger partial charge in [-0.3, -0.25) is 0 Å². The monoisotopic (exact) mass is 184 g/mol. The first-order valence-electron chi connectivity index (χ1n) is 4.74. The number of halogens is 1. The standard InChI is InChI=1S/C11H17Cl/c1-3-4-5-7-11(2)8-6-10(12)9-11/h1,10H,4-9H2,2H3. The van der Waals surface area contributed by atoms with Gasteiger partial charge in [-0.1, -0.05) is 6.92 Å². The van der Waals surface area contributed by atoms with E-state index in [0.717, 1.165) is 12.8 Å².